The lowest BCUT2D eigenvalue weighted by Gasteiger charge is -2.16. The number of hydrogen-bond acceptors (Lipinski definition) is 7. The van der Waals surface area contributed by atoms with Crippen molar-refractivity contribution < 1.29 is 19.1 Å². The van der Waals surface area contributed by atoms with Gasteiger partial charge in [0.1, 0.15) is 0 Å². The van der Waals surface area contributed by atoms with E-state index in [1.165, 1.54) is 24.4 Å². The fourth-order valence-electron chi connectivity index (χ4n) is 3.79. The van der Waals surface area contributed by atoms with Gasteiger partial charge in [-0.25, -0.2) is 4.79 Å². The van der Waals surface area contributed by atoms with Crippen molar-refractivity contribution in [2.24, 2.45) is 7.05 Å². The molecular weight excluding hydrogens is 454 g/mol. The molecule has 2 aromatic carbocycles. The van der Waals surface area contributed by atoms with Crippen molar-refractivity contribution in [1.82, 2.24) is 19.7 Å². The molecule has 34 heavy (non-hydrogen) atoms. The molecule has 1 aromatic heterocycles. The van der Waals surface area contributed by atoms with Gasteiger partial charge in [0.05, 0.1) is 25.0 Å². The second kappa shape index (κ2) is 10.5. The minimum absolute atomic E-state index is 0.101. The molecule has 0 spiro atoms. The van der Waals surface area contributed by atoms with E-state index in [-0.39, 0.29) is 23.5 Å². The number of amides is 2. The van der Waals surface area contributed by atoms with Gasteiger partial charge in [-0.1, -0.05) is 42.1 Å². The Morgan fingerprint density at radius 2 is 1.85 bits per heavy atom. The molecule has 0 unspecified atom stereocenters. The molecule has 10 heteroatoms. The Balaban J connectivity index is 1.30. The number of carbonyl (C=O) groups excluding carboxylic acids is 3. The van der Waals surface area contributed by atoms with Crippen LogP contribution in [0.2, 0.25) is 0 Å². The third-order valence-electron chi connectivity index (χ3n) is 5.66. The summed E-state index contributed by atoms with van der Waals surface area (Å²) in [5, 5.41) is 11.8. The van der Waals surface area contributed by atoms with Crippen molar-refractivity contribution in [1.29, 1.82) is 0 Å². The molecular formula is C24H25N5O4S. The molecule has 1 saturated heterocycles. The van der Waals surface area contributed by atoms with Crippen LogP contribution in [-0.4, -0.2) is 56.9 Å². The van der Waals surface area contributed by atoms with Crippen molar-refractivity contribution in [3.05, 3.63) is 71.5 Å². The van der Waals surface area contributed by atoms with Crippen molar-refractivity contribution in [3.63, 3.8) is 0 Å². The Kier molecular flexibility index (Phi) is 7.27. The maximum absolute atomic E-state index is 12.5. The zero-order chi connectivity index (χ0) is 24.1. The lowest BCUT2D eigenvalue weighted by atomic mass is 9.99. The lowest BCUT2D eigenvalue weighted by Crippen LogP contribution is -2.26. The predicted octanol–water partition coefficient (Wildman–Crippen LogP) is 2.85. The first-order valence-corrected chi connectivity index (χ1v) is 11.7. The number of nitrogens with zero attached hydrogens (tertiary/aromatic N) is 4. The van der Waals surface area contributed by atoms with E-state index in [0.29, 0.717) is 41.7 Å². The fraction of sp³-hybridized carbons (Fsp3) is 0.292. The Bertz CT molecular complexity index is 1180. The monoisotopic (exact) mass is 479 g/mol. The largest absolute Gasteiger partial charge is 0.465 e. The van der Waals surface area contributed by atoms with Crippen LogP contribution in [0, 0.1) is 0 Å². The maximum Gasteiger partial charge on any atom is 0.337 e. The number of ether oxygens (including phenoxy) is 1. The summed E-state index contributed by atoms with van der Waals surface area (Å²) in [6.45, 7) is 1.03. The Morgan fingerprint density at radius 1 is 1.12 bits per heavy atom. The van der Waals surface area contributed by atoms with Gasteiger partial charge in [-0.15, -0.1) is 10.2 Å². The molecule has 9 nitrogen and oxygen atoms in total. The normalized spacial score (nSPS) is 15.4. The number of likely N-dealkylation sites (tertiary alicyclic amines) is 1. The SMILES string of the molecule is COC(=O)c1ccc(NC(=O)CSc2nnc(CN3C[C@@H](c4ccccc4)CC3=O)n2C)cc1. The summed E-state index contributed by atoms with van der Waals surface area (Å²) in [5.41, 5.74) is 2.16. The van der Waals surface area contributed by atoms with Crippen molar-refractivity contribution in [2.75, 3.05) is 24.7 Å². The molecule has 1 atom stereocenters. The van der Waals surface area contributed by atoms with Crippen LogP contribution in [0.3, 0.4) is 0 Å². The van der Waals surface area contributed by atoms with Crippen molar-refractivity contribution in [3.8, 4) is 0 Å². The number of aromatic nitrogens is 3. The maximum atomic E-state index is 12.5. The van der Waals surface area contributed by atoms with E-state index >= 15 is 0 Å². The molecule has 1 aliphatic rings. The number of carbonyl (C=O) groups is 3. The summed E-state index contributed by atoms with van der Waals surface area (Å²) in [7, 11) is 3.15. The lowest BCUT2D eigenvalue weighted by molar-refractivity contribution is -0.128. The summed E-state index contributed by atoms with van der Waals surface area (Å²) in [5.74, 6) is 0.454. The average molecular weight is 480 g/mol. The highest BCUT2D eigenvalue weighted by atomic mass is 32.2. The predicted molar refractivity (Wildman–Crippen MR) is 127 cm³/mol. The minimum atomic E-state index is -0.433. The first-order chi connectivity index (χ1) is 16.4. The van der Waals surface area contributed by atoms with Crippen LogP contribution in [-0.2, 0) is 27.9 Å². The number of methoxy groups -OCH3 is 1. The molecule has 1 fully saturated rings. The third-order valence-corrected chi connectivity index (χ3v) is 6.69. The van der Waals surface area contributed by atoms with E-state index in [0.717, 1.165) is 0 Å². The molecule has 3 aromatic rings. The van der Waals surface area contributed by atoms with E-state index in [1.54, 1.807) is 29.2 Å². The standard InChI is InChI=1S/C24H25N5O4S/c1-28-20(14-29-13-18(12-22(29)31)16-6-4-3-5-7-16)26-27-24(28)34-15-21(30)25-19-10-8-17(9-11-19)23(32)33-2/h3-11,18H,12-15H2,1-2H3,(H,25,30)/t18-/m0/s1. The van der Waals surface area contributed by atoms with Crippen LogP contribution in [0.4, 0.5) is 5.69 Å². The smallest absolute Gasteiger partial charge is 0.337 e. The number of hydrogen-bond donors (Lipinski definition) is 1. The van der Waals surface area contributed by atoms with Gasteiger partial charge in [-0.3, -0.25) is 9.59 Å². The van der Waals surface area contributed by atoms with Crippen LogP contribution >= 0.6 is 11.8 Å². The van der Waals surface area contributed by atoms with Crippen LogP contribution in [0.15, 0.2) is 59.8 Å². The van der Waals surface area contributed by atoms with Gasteiger partial charge in [-0.05, 0) is 29.8 Å². The number of anilines is 1. The molecule has 2 amide bonds. The van der Waals surface area contributed by atoms with Crippen LogP contribution in [0.5, 0.6) is 0 Å². The Hall–Kier alpha value is -3.66. The minimum Gasteiger partial charge on any atom is -0.465 e. The molecule has 1 aliphatic heterocycles. The topological polar surface area (TPSA) is 106 Å². The number of nitrogens with one attached hydrogen (secondary N) is 1. The summed E-state index contributed by atoms with van der Waals surface area (Å²) in [6, 6.07) is 16.5. The number of rotatable bonds is 8. The quantitative estimate of drug-likeness (QED) is 0.391. The van der Waals surface area contributed by atoms with E-state index in [4.69, 9.17) is 0 Å². The first kappa shape index (κ1) is 23.5. The molecule has 176 valence electrons. The molecule has 0 radical (unpaired) electrons. The van der Waals surface area contributed by atoms with Crippen LogP contribution in [0.25, 0.3) is 0 Å². The molecule has 0 bridgehead atoms. The van der Waals surface area contributed by atoms with Gasteiger partial charge in [0.25, 0.3) is 0 Å². The molecule has 1 N–H and O–H groups in total. The number of benzene rings is 2. The highest BCUT2D eigenvalue weighted by Gasteiger charge is 2.31. The van der Waals surface area contributed by atoms with Gasteiger partial charge in [0.15, 0.2) is 11.0 Å². The summed E-state index contributed by atoms with van der Waals surface area (Å²) in [4.78, 5) is 38.2. The second-order valence-corrected chi connectivity index (χ2v) is 8.89. The summed E-state index contributed by atoms with van der Waals surface area (Å²) >= 11 is 1.26. The number of thioether (sulfide) groups is 1. The van der Waals surface area contributed by atoms with Gasteiger partial charge >= 0.3 is 5.97 Å². The van der Waals surface area contributed by atoms with Gasteiger partial charge in [0.2, 0.25) is 11.8 Å². The van der Waals surface area contributed by atoms with Crippen LogP contribution < -0.4 is 5.32 Å². The van der Waals surface area contributed by atoms with Crippen molar-refractivity contribution in [2.45, 2.75) is 24.0 Å². The Morgan fingerprint density at radius 3 is 2.56 bits per heavy atom. The second-order valence-electron chi connectivity index (χ2n) is 7.95. The fourth-order valence-corrected chi connectivity index (χ4v) is 4.52. The van der Waals surface area contributed by atoms with Gasteiger partial charge in [0, 0.05) is 31.6 Å². The summed E-state index contributed by atoms with van der Waals surface area (Å²) in [6.07, 6.45) is 0.490. The third kappa shape index (κ3) is 5.45. The van der Waals surface area contributed by atoms with Crippen molar-refractivity contribution >= 4 is 35.2 Å². The van der Waals surface area contributed by atoms with E-state index < -0.39 is 5.97 Å². The summed E-state index contributed by atoms with van der Waals surface area (Å²) < 4.78 is 6.48. The van der Waals surface area contributed by atoms with E-state index in [1.807, 2.05) is 29.8 Å². The molecule has 4 rings (SSSR count). The highest BCUT2D eigenvalue weighted by molar-refractivity contribution is 7.99. The van der Waals surface area contributed by atoms with E-state index in [2.05, 4.69) is 32.4 Å². The first-order valence-electron chi connectivity index (χ1n) is 10.8. The van der Waals surface area contributed by atoms with Crippen LogP contribution in [0.1, 0.15) is 34.1 Å². The zero-order valence-corrected chi connectivity index (χ0v) is 19.7. The molecule has 0 saturated carbocycles. The zero-order valence-electron chi connectivity index (χ0n) is 18.9. The van der Waals surface area contributed by atoms with Gasteiger partial charge in [-0.2, -0.15) is 0 Å². The molecule has 2 heterocycles. The number of esters is 1. The highest BCUT2D eigenvalue weighted by Crippen LogP contribution is 2.29. The van der Waals surface area contributed by atoms with Gasteiger partial charge < -0.3 is 19.5 Å². The average Bonchev–Trinajstić information content (AvgIpc) is 3.40. The van der Waals surface area contributed by atoms with E-state index in [9.17, 15) is 14.4 Å². The Labute approximate surface area is 201 Å². The molecule has 0 aliphatic carbocycles.